The van der Waals surface area contributed by atoms with Gasteiger partial charge in [-0.3, -0.25) is 0 Å². The van der Waals surface area contributed by atoms with Gasteiger partial charge in [0.2, 0.25) is 0 Å². The molecule has 0 radical (unpaired) electrons. The molecule has 6 nitrogen and oxygen atoms in total. The Hall–Kier alpha value is -1.15. The van der Waals surface area contributed by atoms with Gasteiger partial charge in [-0.15, -0.1) is 0 Å². The Morgan fingerprint density at radius 2 is 2.12 bits per heavy atom. The fraction of sp³-hybridized carbons (Fsp3) is 0.588. The van der Waals surface area contributed by atoms with Crippen molar-refractivity contribution >= 4 is 21.9 Å². The molecule has 3 atom stereocenters. The first kappa shape index (κ1) is 16.3. The minimum absolute atomic E-state index is 0.190. The van der Waals surface area contributed by atoms with Gasteiger partial charge in [0.1, 0.15) is 17.4 Å². The second kappa shape index (κ2) is 5.69. The predicted octanol–water partition coefficient (Wildman–Crippen LogP) is 2.08. The van der Waals surface area contributed by atoms with Crippen molar-refractivity contribution in [3.63, 3.8) is 0 Å². The highest BCUT2D eigenvalue weighted by atomic mass is 79.9. The Morgan fingerprint density at radius 1 is 1.38 bits per heavy atom. The molecule has 2 N–H and O–H groups in total. The molecule has 1 aliphatic carbocycles. The third kappa shape index (κ3) is 2.29. The zero-order valence-corrected chi connectivity index (χ0v) is 15.0. The summed E-state index contributed by atoms with van der Waals surface area (Å²) >= 11 is 3.45. The smallest absolute Gasteiger partial charge is 0.331 e. The molecule has 2 heterocycles. The fourth-order valence-corrected chi connectivity index (χ4v) is 4.60. The average Bonchev–Trinajstić information content (AvgIpc) is 3.02. The maximum atomic E-state index is 12.6. The van der Waals surface area contributed by atoms with Gasteiger partial charge >= 0.3 is 5.97 Å². The van der Waals surface area contributed by atoms with Gasteiger partial charge in [-0.05, 0) is 24.6 Å². The maximum absolute atomic E-state index is 12.6. The minimum Gasteiger partial charge on any atom is -0.489 e. The number of halogens is 1. The number of fused-ring (bicyclic) bond motifs is 2. The molecule has 2 fully saturated rings. The van der Waals surface area contributed by atoms with Gasteiger partial charge in [0.25, 0.3) is 0 Å². The van der Waals surface area contributed by atoms with Gasteiger partial charge < -0.3 is 24.7 Å². The molecule has 0 bridgehead atoms. The van der Waals surface area contributed by atoms with Crippen LogP contribution in [0.25, 0.3) is 0 Å². The molecule has 1 saturated carbocycles. The van der Waals surface area contributed by atoms with Crippen LogP contribution in [0.4, 0.5) is 0 Å². The second-order valence-electron chi connectivity index (χ2n) is 6.61. The molecule has 130 valence electrons. The number of hydrogen-bond donors (Lipinski definition) is 1. The van der Waals surface area contributed by atoms with Crippen LogP contribution in [0.5, 0.6) is 5.75 Å². The number of nitrogens with two attached hydrogens (primary N) is 1. The van der Waals surface area contributed by atoms with E-state index in [0.717, 1.165) is 4.47 Å². The molecule has 1 aromatic rings. The third-order valence-corrected chi connectivity index (χ3v) is 5.88. The predicted molar refractivity (Wildman–Crippen MR) is 88.4 cm³/mol. The van der Waals surface area contributed by atoms with Gasteiger partial charge in [0.15, 0.2) is 5.79 Å². The number of carbonyl (C=O) groups is 1. The topological polar surface area (TPSA) is 80.0 Å². The fourth-order valence-electron chi connectivity index (χ4n) is 4.24. The summed E-state index contributed by atoms with van der Waals surface area (Å²) in [5.41, 5.74) is 6.10. The number of methoxy groups -OCH3 is 1. The molecule has 0 amide bonds. The van der Waals surface area contributed by atoms with Gasteiger partial charge in [-0.2, -0.15) is 0 Å². The SMILES string of the molecule is COC(=O)C1(N)c2cc(Br)ccc2O[C@H]2CC3(CC[C@@H]21)OCCO3. The van der Waals surface area contributed by atoms with Crippen molar-refractivity contribution in [1.82, 2.24) is 0 Å². The molecule has 4 rings (SSSR count). The first-order chi connectivity index (χ1) is 11.5. The van der Waals surface area contributed by atoms with Crippen LogP contribution in [0, 0.1) is 5.92 Å². The van der Waals surface area contributed by atoms with Gasteiger partial charge in [0, 0.05) is 28.8 Å². The third-order valence-electron chi connectivity index (χ3n) is 5.38. The van der Waals surface area contributed by atoms with E-state index in [0.29, 0.717) is 43.8 Å². The Kier molecular flexibility index (Phi) is 3.87. The Balaban J connectivity index is 1.77. The van der Waals surface area contributed by atoms with E-state index in [2.05, 4.69) is 15.9 Å². The molecule has 3 aliphatic rings. The van der Waals surface area contributed by atoms with Gasteiger partial charge in [-0.1, -0.05) is 15.9 Å². The van der Waals surface area contributed by atoms with Crippen LogP contribution < -0.4 is 10.5 Å². The Bertz CT molecular complexity index is 675. The molecule has 1 saturated heterocycles. The minimum atomic E-state index is -1.24. The highest BCUT2D eigenvalue weighted by Crippen LogP contribution is 2.51. The highest BCUT2D eigenvalue weighted by Gasteiger charge is 2.58. The zero-order valence-electron chi connectivity index (χ0n) is 13.4. The lowest BCUT2D eigenvalue weighted by molar-refractivity contribution is -0.212. The average molecular weight is 398 g/mol. The van der Waals surface area contributed by atoms with Crippen molar-refractivity contribution in [2.45, 2.75) is 36.7 Å². The molecular weight excluding hydrogens is 378 g/mol. The molecule has 0 aromatic heterocycles. The van der Waals surface area contributed by atoms with Crippen molar-refractivity contribution in [2.24, 2.45) is 11.7 Å². The van der Waals surface area contributed by atoms with Crippen molar-refractivity contribution < 1.29 is 23.7 Å². The van der Waals surface area contributed by atoms with E-state index >= 15 is 0 Å². The number of carbonyl (C=O) groups excluding carboxylic acids is 1. The molecule has 1 spiro atoms. The standard InChI is InChI=1S/C17H20BrNO5/c1-21-15(20)17(19)11-4-5-16(22-6-7-23-16)9-14(11)24-13-3-2-10(18)8-12(13)17/h2-3,8,11,14H,4-7,9,19H2,1H3/t11-,14-,17?/m0/s1. The summed E-state index contributed by atoms with van der Waals surface area (Å²) in [5, 5.41) is 0. The quantitative estimate of drug-likeness (QED) is 0.730. The van der Waals surface area contributed by atoms with Crippen LogP contribution in [0.3, 0.4) is 0 Å². The molecule has 24 heavy (non-hydrogen) atoms. The van der Waals surface area contributed by atoms with E-state index in [9.17, 15) is 4.79 Å². The molecule has 1 unspecified atom stereocenters. The summed E-state index contributed by atoms with van der Waals surface area (Å²) in [6.45, 7) is 1.18. The van der Waals surface area contributed by atoms with Crippen molar-refractivity contribution in [3.05, 3.63) is 28.2 Å². The number of hydrogen-bond acceptors (Lipinski definition) is 6. The summed E-state index contributed by atoms with van der Waals surface area (Å²) in [5.74, 6) is -0.623. The van der Waals surface area contributed by atoms with E-state index in [1.807, 2.05) is 18.2 Å². The maximum Gasteiger partial charge on any atom is 0.331 e. The summed E-state index contributed by atoms with van der Waals surface area (Å²) in [6, 6.07) is 5.55. The number of ether oxygens (including phenoxy) is 4. The van der Waals surface area contributed by atoms with Crippen molar-refractivity contribution in [2.75, 3.05) is 20.3 Å². The van der Waals surface area contributed by atoms with Crippen molar-refractivity contribution in [3.8, 4) is 5.75 Å². The first-order valence-electron chi connectivity index (χ1n) is 8.10. The monoisotopic (exact) mass is 397 g/mol. The van der Waals surface area contributed by atoms with Crippen molar-refractivity contribution in [1.29, 1.82) is 0 Å². The van der Waals surface area contributed by atoms with Crippen LogP contribution in [0.2, 0.25) is 0 Å². The summed E-state index contributed by atoms with van der Waals surface area (Å²) < 4.78 is 23.8. The van der Waals surface area contributed by atoms with Crippen LogP contribution in [0.1, 0.15) is 24.8 Å². The number of rotatable bonds is 1. The van der Waals surface area contributed by atoms with E-state index < -0.39 is 17.3 Å². The van der Waals surface area contributed by atoms with Gasteiger partial charge in [0.05, 0.1) is 20.3 Å². The number of esters is 1. The zero-order chi connectivity index (χ0) is 16.9. The molecule has 7 heteroatoms. The Labute approximate surface area is 148 Å². The molecule has 2 aliphatic heterocycles. The van der Waals surface area contributed by atoms with E-state index in [1.165, 1.54) is 7.11 Å². The normalized spacial score (nSPS) is 33.5. The summed E-state index contributed by atoms with van der Waals surface area (Å²) in [6.07, 6.45) is 1.66. The van der Waals surface area contributed by atoms with Crippen LogP contribution in [-0.2, 0) is 24.5 Å². The van der Waals surface area contributed by atoms with E-state index in [-0.39, 0.29) is 12.0 Å². The first-order valence-corrected chi connectivity index (χ1v) is 8.90. The lowest BCUT2D eigenvalue weighted by Crippen LogP contribution is -2.62. The van der Waals surface area contributed by atoms with Crippen LogP contribution in [0.15, 0.2) is 22.7 Å². The molecule has 1 aromatic carbocycles. The Morgan fingerprint density at radius 3 is 2.83 bits per heavy atom. The summed E-state index contributed by atoms with van der Waals surface area (Å²) in [4.78, 5) is 12.6. The summed E-state index contributed by atoms with van der Waals surface area (Å²) in [7, 11) is 1.37. The number of benzene rings is 1. The van der Waals surface area contributed by atoms with Gasteiger partial charge in [-0.25, -0.2) is 4.79 Å². The lowest BCUT2D eigenvalue weighted by atomic mass is 9.67. The molecular formula is C17H20BrNO5. The van der Waals surface area contributed by atoms with Crippen LogP contribution in [-0.4, -0.2) is 38.2 Å². The van der Waals surface area contributed by atoms with E-state index in [1.54, 1.807) is 0 Å². The highest BCUT2D eigenvalue weighted by molar-refractivity contribution is 9.10. The second-order valence-corrected chi connectivity index (χ2v) is 7.53. The lowest BCUT2D eigenvalue weighted by Gasteiger charge is -2.50. The largest absolute Gasteiger partial charge is 0.489 e. The van der Waals surface area contributed by atoms with E-state index in [4.69, 9.17) is 24.7 Å². The van der Waals surface area contributed by atoms with Crippen LogP contribution >= 0.6 is 15.9 Å².